The highest BCUT2D eigenvalue weighted by molar-refractivity contribution is 9.10. The Hall–Kier alpha value is -1.88. The monoisotopic (exact) mass is 352 g/mol. The van der Waals surface area contributed by atoms with Gasteiger partial charge in [0.05, 0.1) is 14.2 Å². The summed E-state index contributed by atoms with van der Waals surface area (Å²) >= 11 is 3.21. The Labute approximate surface area is 130 Å². The molecule has 3 nitrogen and oxygen atoms in total. The molecule has 0 bridgehead atoms. The van der Waals surface area contributed by atoms with E-state index in [2.05, 4.69) is 15.9 Å². The molecule has 0 N–H and O–H groups in total. The Morgan fingerprint density at radius 2 is 1.81 bits per heavy atom. The van der Waals surface area contributed by atoms with Crippen molar-refractivity contribution < 1.29 is 18.7 Å². The van der Waals surface area contributed by atoms with Gasteiger partial charge in [0.1, 0.15) is 5.82 Å². The third-order valence-electron chi connectivity index (χ3n) is 3.04. The van der Waals surface area contributed by atoms with E-state index in [9.17, 15) is 9.18 Å². The van der Waals surface area contributed by atoms with Crippen molar-refractivity contribution in [3.63, 3.8) is 0 Å². The van der Waals surface area contributed by atoms with Crippen molar-refractivity contribution in [2.45, 2.75) is 6.42 Å². The maximum atomic E-state index is 13.0. The lowest BCUT2D eigenvalue weighted by Gasteiger charge is -2.09. The van der Waals surface area contributed by atoms with Crippen molar-refractivity contribution in [2.75, 3.05) is 14.2 Å². The predicted molar refractivity (Wildman–Crippen MR) is 81.7 cm³/mol. The van der Waals surface area contributed by atoms with Gasteiger partial charge in [0.2, 0.25) is 0 Å². The van der Waals surface area contributed by atoms with Crippen molar-refractivity contribution in [3.8, 4) is 11.5 Å². The number of carbonyl (C=O) groups excluding carboxylic acids is 1. The van der Waals surface area contributed by atoms with E-state index in [0.29, 0.717) is 21.5 Å². The zero-order chi connectivity index (χ0) is 15.4. The van der Waals surface area contributed by atoms with Gasteiger partial charge >= 0.3 is 0 Å². The molecule has 0 fully saturated rings. The predicted octanol–water partition coefficient (Wildman–Crippen LogP) is 4.03. The lowest BCUT2D eigenvalue weighted by molar-refractivity contribution is 0.0992. The first-order valence-electron chi connectivity index (χ1n) is 6.24. The van der Waals surface area contributed by atoms with Gasteiger partial charge in [-0.3, -0.25) is 4.79 Å². The van der Waals surface area contributed by atoms with Gasteiger partial charge in [0.25, 0.3) is 0 Å². The fourth-order valence-corrected chi connectivity index (χ4v) is 2.56. The van der Waals surface area contributed by atoms with E-state index in [0.717, 1.165) is 5.56 Å². The van der Waals surface area contributed by atoms with E-state index in [1.165, 1.54) is 18.2 Å². The zero-order valence-electron chi connectivity index (χ0n) is 11.7. The van der Waals surface area contributed by atoms with Crippen LogP contribution < -0.4 is 9.47 Å². The number of methoxy groups -OCH3 is 2. The van der Waals surface area contributed by atoms with Crippen LogP contribution in [0.2, 0.25) is 0 Å². The van der Waals surface area contributed by atoms with E-state index in [1.807, 2.05) is 0 Å². The van der Waals surface area contributed by atoms with Gasteiger partial charge in [0.15, 0.2) is 17.3 Å². The van der Waals surface area contributed by atoms with Crippen molar-refractivity contribution >= 4 is 21.7 Å². The molecule has 0 radical (unpaired) electrons. The molecule has 21 heavy (non-hydrogen) atoms. The SMILES string of the molecule is COc1ccc(CC(=O)c2ccc(F)cc2Br)cc1OC. The van der Waals surface area contributed by atoms with Gasteiger partial charge in [-0.15, -0.1) is 0 Å². The minimum absolute atomic E-state index is 0.103. The van der Waals surface area contributed by atoms with Crippen LogP contribution in [0.4, 0.5) is 4.39 Å². The Balaban J connectivity index is 2.23. The standard InChI is InChI=1S/C16H14BrFO3/c1-20-15-6-3-10(8-16(15)21-2)7-14(19)12-5-4-11(18)9-13(12)17/h3-6,8-9H,7H2,1-2H3. The molecule has 0 amide bonds. The average Bonchev–Trinajstić information content (AvgIpc) is 2.46. The fraction of sp³-hybridized carbons (Fsp3) is 0.188. The molecule has 0 aliphatic heterocycles. The van der Waals surface area contributed by atoms with E-state index >= 15 is 0 Å². The zero-order valence-corrected chi connectivity index (χ0v) is 13.2. The largest absolute Gasteiger partial charge is 0.493 e. The van der Waals surface area contributed by atoms with Gasteiger partial charge < -0.3 is 9.47 Å². The number of ether oxygens (including phenoxy) is 2. The van der Waals surface area contributed by atoms with E-state index in [-0.39, 0.29) is 18.0 Å². The lowest BCUT2D eigenvalue weighted by Crippen LogP contribution is -2.05. The Morgan fingerprint density at radius 1 is 1.10 bits per heavy atom. The number of benzene rings is 2. The lowest BCUT2D eigenvalue weighted by atomic mass is 10.0. The van der Waals surface area contributed by atoms with E-state index in [1.54, 1.807) is 32.4 Å². The van der Waals surface area contributed by atoms with Crippen molar-refractivity contribution in [3.05, 3.63) is 57.8 Å². The molecule has 0 aromatic heterocycles. The summed E-state index contributed by atoms with van der Waals surface area (Å²) in [6, 6.07) is 9.34. The Kier molecular flexibility index (Phi) is 4.96. The second-order valence-electron chi connectivity index (χ2n) is 4.41. The number of hydrogen-bond donors (Lipinski definition) is 0. The molecule has 0 heterocycles. The molecule has 0 saturated heterocycles. The van der Waals surface area contributed by atoms with Gasteiger partial charge in [0, 0.05) is 16.5 Å². The molecule has 0 aliphatic rings. The van der Waals surface area contributed by atoms with Gasteiger partial charge in [-0.1, -0.05) is 6.07 Å². The first kappa shape index (κ1) is 15.5. The van der Waals surface area contributed by atoms with Crippen LogP contribution in [-0.2, 0) is 6.42 Å². The molecule has 5 heteroatoms. The van der Waals surface area contributed by atoms with Crippen molar-refractivity contribution in [2.24, 2.45) is 0 Å². The maximum absolute atomic E-state index is 13.0. The second kappa shape index (κ2) is 6.72. The number of ketones is 1. The minimum atomic E-state index is -0.385. The molecule has 2 rings (SSSR count). The first-order valence-corrected chi connectivity index (χ1v) is 7.03. The summed E-state index contributed by atoms with van der Waals surface area (Å²) < 4.78 is 23.9. The molecule has 2 aromatic rings. The molecule has 0 unspecified atom stereocenters. The maximum Gasteiger partial charge on any atom is 0.168 e. The second-order valence-corrected chi connectivity index (χ2v) is 5.27. The highest BCUT2D eigenvalue weighted by atomic mass is 79.9. The third kappa shape index (κ3) is 3.61. The number of carbonyl (C=O) groups is 1. The molecule has 2 aromatic carbocycles. The highest BCUT2D eigenvalue weighted by Gasteiger charge is 2.13. The van der Waals surface area contributed by atoms with Crippen LogP contribution in [0.25, 0.3) is 0 Å². The summed E-state index contributed by atoms with van der Waals surface area (Å²) in [7, 11) is 3.10. The number of halogens is 2. The van der Waals surface area contributed by atoms with Gasteiger partial charge in [-0.25, -0.2) is 4.39 Å². The minimum Gasteiger partial charge on any atom is -0.493 e. The normalized spacial score (nSPS) is 10.3. The van der Waals surface area contributed by atoms with Crippen LogP contribution in [0.15, 0.2) is 40.9 Å². The van der Waals surface area contributed by atoms with Crippen LogP contribution >= 0.6 is 15.9 Å². The Bertz CT molecular complexity index is 671. The van der Waals surface area contributed by atoms with Crippen molar-refractivity contribution in [1.82, 2.24) is 0 Å². The van der Waals surface area contributed by atoms with Crippen LogP contribution in [-0.4, -0.2) is 20.0 Å². The Morgan fingerprint density at radius 3 is 2.43 bits per heavy atom. The first-order chi connectivity index (χ1) is 10.0. The smallest absolute Gasteiger partial charge is 0.168 e. The molecular weight excluding hydrogens is 339 g/mol. The van der Waals surface area contributed by atoms with Crippen LogP contribution in [0.3, 0.4) is 0 Å². The fourth-order valence-electron chi connectivity index (χ4n) is 1.99. The highest BCUT2D eigenvalue weighted by Crippen LogP contribution is 2.28. The summed E-state index contributed by atoms with van der Waals surface area (Å²) in [5.41, 5.74) is 1.25. The van der Waals surface area contributed by atoms with Crippen molar-refractivity contribution in [1.29, 1.82) is 0 Å². The van der Waals surface area contributed by atoms with E-state index < -0.39 is 0 Å². The summed E-state index contributed by atoms with van der Waals surface area (Å²) in [6.07, 6.45) is 0.199. The van der Waals surface area contributed by atoms with Crippen LogP contribution in [0.1, 0.15) is 15.9 Å². The third-order valence-corrected chi connectivity index (χ3v) is 3.70. The molecule has 0 aliphatic carbocycles. The van der Waals surface area contributed by atoms with Crippen LogP contribution in [0.5, 0.6) is 11.5 Å². The summed E-state index contributed by atoms with van der Waals surface area (Å²) in [5, 5.41) is 0. The van der Waals surface area contributed by atoms with Crippen LogP contribution in [0, 0.1) is 5.82 Å². The van der Waals surface area contributed by atoms with Gasteiger partial charge in [-0.05, 0) is 51.8 Å². The van der Waals surface area contributed by atoms with Gasteiger partial charge in [-0.2, -0.15) is 0 Å². The van der Waals surface area contributed by atoms with E-state index in [4.69, 9.17) is 9.47 Å². The summed E-state index contributed by atoms with van der Waals surface area (Å²) in [5.74, 6) is 0.691. The molecule has 0 spiro atoms. The summed E-state index contributed by atoms with van der Waals surface area (Å²) in [4.78, 5) is 12.3. The molecule has 110 valence electrons. The number of Topliss-reactive ketones (excluding diaryl/α,β-unsaturated/α-hetero) is 1. The molecule has 0 saturated carbocycles. The number of hydrogen-bond acceptors (Lipinski definition) is 3. The topological polar surface area (TPSA) is 35.5 Å². The molecular formula is C16H14BrFO3. The molecule has 0 atom stereocenters. The number of rotatable bonds is 5. The average molecular weight is 353 g/mol. The quantitative estimate of drug-likeness (QED) is 0.762. The summed E-state index contributed by atoms with van der Waals surface area (Å²) in [6.45, 7) is 0.